The minimum atomic E-state index is -4.64. The topological polar surface area (TPSA) is 84.8 Å². The quantitative estimate of drug-likeness (QED) is 0.601. The molecule has 0 saturated heterocycles. The summed E-state index contributed by atoms with van der Waals surface area (Å²) in [6.45, 7) is 1.01. The lowest BCUT2D eigenvalue weighted by Crippen LogP contribution is -2.36. The fourth-order valence-corrected chi connectivity index (χ4v) is 2.34. The van der Waals surface area contributed by atoms with Crippen molar-refractivity contribution in [1.29, 1.82) is 0 Å². The van der Waals surface area contributed by atoms with Crippen molar-refractivity contribution in [3.8, 4) is 0 Å². The maximum atomic E-state index is 12.7. The first-order valence-electron chi connectivity index (χ1n) is 5.63. The van der Waals surface area contributed by atoms with E-state index in [0.29, 0.717) is 12.1 Å². The van der Waals surface area contributed by atoms with Gasteiger partial charge in [0.25, 0.3) is 5.91 Å². The van der Waals surface area contributed by atoms with Gasteiger partial charge in [-0.3, -0.25) is 9.59 Å². The van der Waals surface area contributed by atoms with Crippen LogP contribution in [0.25, 0.3) is 0 Å². The average Bonchev–Trinajstić information content (AvgIpc) is 2.35. The number of anilines is 1. The lowest BCUT2D eigenvalue weighted by Gasteiger charge is -2.19. The summed E-state index contributed by atoms with van der Waals surface area (Å²) in [6.07, 6.45) is -4.64. The molecule has 0 fully saturated rings. The first kappa shape index (κ1) is 16.1. The van der Waals surface area contributed by atoms with E-state index in [-0.39, 0.29) is 15.7 Å². The third-order valence-electron chi connectivity index (χ3n) is 2.59. The summed E-state index contributed by atoms with van der Waals surface area (Å²) in [5.74, 6) is -2.88. The molecule has 1 heterocycles. The fraction of sp³-hybridized carbons (Fsp3) is 0.167. The zero-order valence-electron chi connectivity index (χ0n) is 10.7. The van der Waals surface area contributed by atoms with Gasteiger partial charge in [-0.05, 0) is 28.1 Å². The SMILES string of the molecule is CC(=O)ON=C1C(=O)Nc2cc(C(F)(F)F)cc(Br)c2C1=O. The molecule has 0 saturated carbocycles. The molecule has 6 nitrogen and oxygen atoms in total. The van der Waals surface area contributed by atoms with Gasteiger partial charge in [0.15, 0.2) is 0 Å². The van der Waals surface area contributed by atoms with Gasteiger partial charge in [0.1, 0.15) is 0 Å². The number of carbonyl (C=O) groups is 3. The second-order valence-electron chi connectivity index (χ2n) is 4.18. The molecule has 10 heteroatoms. The van der Waals surface area contributed by atoms with E-state index in [0.717, 1.165) is 6.92 Å². The molecule has 1 aliphatic heterocycles. The van der Waals surface area contributed by atoms with Crippen LogP contribution in [0.15, 0.2) is 21.8 Å². The molecule has 0 atom stereocenters. The van der Waals surface area contributed by atoms with E-state index in [1.807, 2.05) is 0 Å². The first-order valence-corrected chi connectivity index (χ1v) is 6.43. The molecular formula is C12H6BrF3N2O4. The van der Waals surface area contributed by atoms with E-state index in [1.54, 1.807) is 0 Å². The van der Waals surface area contributed by atoms with E-state index in [4.69, 9.17) is 0 Å². The van der Waals surface area contributed by atoms with E-state index in [9.17, 15) is 27.6 Å². The van der Waals surface area contributed by atoms with Crippen LogP contribution >= 0.6 is 15.9 Å². The molecule has 0 spiro atoms. The zero-order valence-corrected chi connectivity index (χ0v) is 12.3. The molecule has 0 aliphatic carbocycles. The van der Waals surface area contributed by atoms with Crippen LogP contribution in [0.4, 0.5) is 18.9 Å². The standard InChI is InChI=1S/C12H6BrF3N2O4/c1-4(19)22-18-9-10(20)8-6(13)2-5(12(14,15)16)3-7(8)17-11(9)21/h2-3H,1H3,(H,17,21). The molecular weight excluding hydrogens is 373 g/mol. The Labute approximate surface area is 129 Å². The van der Waals surface area contributed by atoms with E-state index in [2.05, 4.69) is 31.2 Å². The fourth-order valence-electron chi connectivity index (χ4n) is 1.70. The van der Waals surface area contributed by atoms with Gasteiger partial charge in [0, 0.05) is 11.4 Å². The summed E-state index contributed by atoms with van der Waals surface area (Å²) in [7, 11) is 0. The van der Waals surface area contributed by atoms with Gasteiger partial charge in [-0.25, -0.2) is 4.79 Å². The normalized spacial score (nSPS) is 16.3. The highest BCUT2D eigenvalue weighted by molar-refractivity contribution is 9.10. The molecule has 1 aromatic carbocycles. The number of carbonyl (C=O) groups excluding carboxylic acids is 3. The number of halogens is 4. The van der Waals surface area contributed by atoms with Gasteiger partial charge in [-0.15, -0.1) is 0 Å². The summed E-state index contributed by atoms with van der Waals surface area (Å²) in [5.41, 5.74) is -2.29. The predicted molar refractivity (Wildman–Crippen MR) is 71.3 cm³/mol. The number of Topliss-reactive ketones (excluding diaryl/α,β-unsaturated/α-hetero) is 1. The maximum Gasteiger partial charge on any atom is 0.416 e. The molecule has 1 aromatic rings. The minimum absolute atomic E-state index is 0.169. The van der Waals surface area contributed by atoms with Gasteiger partial charge < -0.3 is 10.2 Å². The molecule has 116 valence electrons. The smallest absolute Gasteiger partial charge is 0.320 e. The molecule has 0 aromatic heterocycles. The van der Waals surface area contributed by atoms with Crippen LogP contribution in [0.3, 0.4) is 0 Å². The number of nitrogens with one attached hydrogen (secondary N) is 1. The van der Waals surface area contributed by atoms with Crippen LogP contribution in [0, 0.1) is 0 Å². The Morgan fingerprint density at radius 1 is 1.32 bits per heavy atom. The number of fused-ring (bicyclic) bond motifs is 1. The number of hydrogen-bond donors (Lipinski definition) is 1. The number of alkyl halides is 3. The molecule has 0 bridgehead atoms. The number of amides is 1. The monoisotopic (exact) mass is 378 g/mol. The molecule has 0 unspecified atom stereocenters. The van der Waals surface area contributed by atoms with Crippen LogP contribution < -0.4 is 5.32 Å². The number of rotatable bonds is 1. The van der Waals surface area contributed by atoms with Gasteiger partial charge in [-0.2, -0.15) is 13.2 Å². The summed E-state index contributed by atoms with van der Waals surface area (Å²) < 4.78 is 38.0. The summed E-state index contributed by atoms with van der Waals surface area (Å²) >= 11 is 2.86. The average molecular weight is 379 g/mol. The summed E-state index contributed by atoms with van der Waals surface area (Å²) in [5, 5.41) is 5.22. The van der Waals surface area contributed by atoms with Gasteiger partial charge in [0.05, 0.1) is 16.8 Å². The van der Waals surface area contributed by atoms with Gasteiger partial charge in [-0.1, -0.05) is 5.16 Å². The Hall–Kier alpha value is -2.23. The first-order chi connectivity index (χ1) is 10.1. The molecule has 22 heavy (non-hydrogen) atoms. The van der Waals surface area contributed by atoms with Crippen LogP contribution in [0.1, 0.15) is 22.8 Å². The van der Waals surface area contributed by atoms with Crippen molar-refractivity contribution in [3.05, 3.63) is 27.7 Å². The highest BCUT2D eigenvalue weighted by Crippen LogP contribution is 2.37. The van der Waals surface area contributed by atoms with Gasteiger partial charge in [0.2, 0.25) is 11.5 Å². The maximum absolute atomic E-state index is 12.7. The second-order valence-corrected chi connectivity index (χ2v) is 5.04. The second kappa shape index (κ2) is 5.52. The Kier molecular flexibility index (Phi) is 4.05. The lowest BCUT2D eigenvalue weighted by atomic mass is 9.98. The third kappa shape index (κ3) is 3.01. The third-order valence-corrected chi connectivity index (χ3v) is 3.21. The van der Waals surface area contributed by atoms with Crippen molar-refractivity contribution in [3.63, 3.8) is 0 Å². The van der Waals surface area contributed by atoms with Crippen LogP contribution in [-0.4, -0.2) is 23.4 Å². The van der Waals surface area contributed by atoms with Crippen LogP contribution in [0.2, 0.25) is 0 Å². The van der Waals surface area contributed by atoms with Crippen molar-refractivity contribution in [1.82, 2.24) is 0 Å². The van der Waals surface area contributed by atoms with E-state index in [1.165, 1.54) is 0 Å². The van der Waals surface area contributed by atoms with Crippen molar-refractivity contribution >= 4 is 45.0 Å². The lowest BCUT2D eigenvalue weighted by molar-refractivity contribution is -0.141. The number of oxime groups is 1. The number of benzene rings is 1. The van der Waals surface area contributed by atoms with E-state index < -0.39 is 35.1 Å². The van der Waals surface area contributed by atoms with Crippen molar-refractivity contribution in [2.75, 3.05) is 5.32 Å². The predicted octanol–water partition coefficient (Wildman–Crippen LogP) is 2.52. The minimum Gasteiger partial charge on any atom is -0.320 e. The van der Waals surface area contributed by atoms with Crippen molar-refractivity contribution < 1.29 is 32.4 Å². The molecule has 1 amide bonds. The molecule has 1 N–H and O–H groups in total. The van der Waals surface area contributed by atoms with Gasteiger partial charge >= 0.3 is 12.1 Å². The summed E-state index contributed by atoms with van der Waals surface area (Å²) in [4.78, 5) is 38.7. The van der Waals surface area contributed by atoms with Crippen LogP contribution in [-0.2, 0) is 20.6 Å². The Balaban J connectivity index is 2.54. The Morgan fingerprint density at radius 2 is 1.95 bits per heavy atom. The Morgan fingerprint density at radius 3 is 2.50 bits per heavy atom. The van der Waals surface area contributed by atoms with Crippen LogP contribution in [0.5, 0.6) is 0 Å². The zero-order chi connectivity index (χ0) is 16.7. The number of ketones is 1. The highest BCUT2D eigenvalue weighted by Gasteiger charge is 2.37. The van der Waals surface area contributed by atoms with Crippen molar-refractivity contribution in [2.45, 2.75) is 13.1 Å². The number of nitrogens with zero attached hydrogens (tertiary/aromatic N) is 1. The largest absolute Gasteiger partial charge is 0.416 e. The molecule has 2 rings (SSSR count). The molecule has 0 radical (unpaired) electrons. The number of hydrogen-bond acceptors (Lipinski definition) is 5. The highest BCUT2D eigenvalue weighted by atomic mass is 79.9. The van der Waals surface area contributed by atoms with E-state index >= 15 is 0 Å². The van der Waals surface area contributed by atoms with Crippen molar-refractivity contribution in [2.24, 2.45) is 5.16 Å². The Bertz CT molecular complexity index is 728. The summed E-state index contributed by atoms with van der Waals surface area (Å²) in [6, 6.07) is 1.34. The molecule has 1 aliphatic rings.